The molecule has 1 heterocycles. The summed E-state index contributed by atoms with van der Waals surface area (Å²) in [6.45, 7) is 3.35. The minimum absolute atomic E-state index is 0.0940. The van der Waals surface area contributed by atoms with Crippen molar-refractivity contribution in [2.75, 3.05) is 20.3 Å². The van der Waals surface area contributed by atoms with Gasteiger partial charge in [-0.15, -0.1) is 0 Å². The molecule has 4 nitrogen and oxygen atoms in total. The third-order valence-electron chi connectivity index (χ3n) is 3.93. The SMILES string of the molecule is CNC(c1cc2c(cc1C)OCCO2)C1(N)CC1. The van der Waals surface area contributed by atoms with Crippen LogP contribution >= 0.6 is 0 Å². The van der Waals surface area contributed by atoms with E-state index >= 15 is 0 Å². The van der Waals surface area contributed by atoms with E-state index in [1.807, 2.05) is 7.05 Å². The van der Waals surface area contributed by atoms with E-state index in [1.165, 1.54) is 11.1 Å². The molecule has 3 N–H and O–H groups in total. The first-order valence-corrected chi connectivity index (χ1v) is 6.50. The molecule has 1 aliphatic carbocycles. The number of hydrogen-bond acceptors (Lipinski definition) is 4. The number of ether oxygens (including phenoxy) is 2. The number of likely N-dealkylation sites (N-methyl/N-ethyl adjacent to an activating group) is 1. The predicted molar refractivity (Wildman–Crippen MR) is 70.1 cm³/mol. The van der Waals surface area contributed by atoms with Crippen LogP contribution in [-0.2, 0) is 0 Å². The molecule has 0 amide bonds. The van der Waals surface area contributed by atoms with Crippen molar-refractivity contribution in [3.63, 3.8) is 0 Å². The summed E-state index contributed by atoms with van der Waals surface area (Å²) in [7, 11) is 1.97. The smallest absolute Gasteiger partial charge is 0.161 e. The van der Waals surface area contributed by atoms with Gasteiger partial charge in [0.15, 0.2) is 11.5 Å². The highest BCUT2D eigenvalue weighted by molar-refractivity contribution is 5.49. The summed E-state index contributed by atoms with van der Waals surface area (Å²) in [5.41, 5.74) is 8.68. The molecule has 0 bridgehead atoms. The van der Waals surface area contributed by atoms with Crippen molar-refractivity contribution in [1.29, 1.82) is 0 Å². The average Bonchev–Trinajstić information content (AvgIpc) is 3.09. The van der Waals surface area contributed by atoms with Gasteiger partial charge in [-0.1, -0.05) is 0 Å². The summed E-state index contributed by atoms with van der Waals surface area (Å²) in [5.74, 6) is 1.69. The van der Waals surface area contributed by atoms with Crippen molar-refractivity contribution in [3.8, 4) is 11.5 Å². The fraction of sp³-hybridized carbons (Fsp3) is 0.571. The maximum Gasteiger partial charge on any atom is 0.161 e. The molecule has 0 radical (unpaired) electrons. The van der Waals surface area contributed by atoms with Gasteiger partial charge >= 0.3 is 0 Å². The fourth-order valence-corrected chi connectivity index (χ4v) is 2.70. The van der Waals surface area contributed by atoms with E-state index in [0.717, 1.165) is 24.3 Å². The molecule has 1 aromatic carbocycles. The molecule has 4 heteroatoms. The summed E-state index contributed by atoms with van der Waals surface area (Å²) in [4.78, 5) is 0. The lowest BCUT2D eigenvalue weighted by Crippen LogP contribution is -2.38. The maximum atomic E-state index is 6.34. The minimum Gasteiger partial charge on any atom is -0.486 e. The van der Waals surface area contributed by atoms with Gasteiger partial charge in [-0.05, 0) is 50.1 Å². The van der Waals surface area contributed by atoms with E-state index in [1.54, 1.807) is 0 Å². The Bertz CT molecular complexity index is 469. The summed E-state index contributed by atoms with van der Waals surface area (Å²) in [6.07, 6.45) is 2.15. The highest BCUT2D eigenvalue weighted by Gasteiger charge is 2.46. The van der Waals surface area contributed by atoms with Crippen LogP contribution in [0.15, 0.2) is 12.1 Å². The molecular formula is C14H20N2O2. The first kappa shape index (κ1) is 11.8. The standard InChI is InChI=1S/C14H20N2O2/c1-9-7-11-12(18-6-5-17-11)8-10(9)13(16-2)14(15)3-4-14/h7-8,13,16H,3-6,15H2,1-2H3. The topological polar surface area (TPSA) is 56.5 Å². The lowest BCUT2D eigenvalue weighted by atomic mass is 9.93. The lowest BCUT2D eigenvalue weighted by Gasteiger charge is -2.27. The van der Waals surface area contributed by atoms with Crippen LogP contribution in [0.4, 0.5) is 0 Å². The molecule has 18 heavy (non-hydrogen) atoms. The summed E-state index contributed by atoms with van der Waals surface area (Å²) in [6, 6.07) is 4.33. The van der Waals surface area contributed by atoms with Gasteiger partial charge in [0.1, 0.15) is 13.2 Å². The van der Waals surface area contributed by atoms with E-state index in [9.17, 15) is 0 Å². The van der Waals surface area contributed by atoms with Gasteiger partial charge in [0.05, 0.1) is 6.04 Å². The number of aryl methyl sites for hydroxylation is 1. The van der Waals surface area contributed by atoms with Gasteiger partial charge in [-0.3, -0.25) is 0 Å². The van der Waals surface area contributed by atoms with Crippen molar-refractivity contribution >= 4 is 0 Å². The zero-order valence-corrected chi connectivity index (χ0v) is 11.0. The predicted octanol–water partition coefficient (Wildman–Crippen LogP) is 1.52. The number of fused-ring (bicyclic) bond motifs is 1. The van der Waals surface area contributed by atoms with Gasteiger partial charge < -0.3 is 20.5 Å². The molecule has 1 atom stereocenters. The average molecular weight is 248 g/mol. The zero-order chi connectivity index (χ0) is 12.8. The number of nitrogens with two attached hydrogens (primary N) is 1. The Kier molecular flexibility index (Phi) is 2.72. The van der Waals surface area contributed by atoms with Crippen molar-refractivity contribution in [2.24, 2.45) is 5.73 Å². The largest absolute Gasteiger partial charge is 0.486 e. The Hall–Kier alpha value is -1.26. The molecule has 3 rings (SSSR count). The molecule has 1 aromatic rings. The summed E-state index contributed by atoms with van der Waals surface area (Å²) >= 11 is 0. The van der Waals surface area contributed by atoms with Crippen molar-refractivity contribution < 1.29 is 9.47 Å². The van der Waals surface area contributed by atoms with Crippen LogP contribution in [0.3, 0.4) is 0 Å². The first-order valence-electron chi connectivity index (χ1n) is 6.50. The van der Waals surface area contributed by atoms with Gasteiger partial charge in [-0.2, -0.15) is 0 Å². The molecule has 2 aliphatic rings. The van der Waals surface area contributed by atoms with Crippen molar-refractivity contribution in [3.05, 3.63) is 23.3 Å². The normalized spacial score (nSPS) is 21.5. The molecule has 0 saturated heterocycles. The lowest BCUT2D eigenvalue weighted by molar-refractivity contribution is 0.171. The van der Waals surface area contributed by atoms with Gasteiger partial charge in [0, 0.05) is 5.54 Å². The number of hydrogen-bond donors (Lipinski definition) is 2. The van der Waals surface area contributed by atoms with Gasteiger partial charge in [-0.25, -0.2) is 0 Å². The second kappa shape index (κ2) is 4.14. The molecule has 1 saturated carbocycles. The minimum atomic E-state index is -0.0940. The third kappa shape index (κ3) is 1.85. The van der Waals surface area contributed by atoms with Crippen LogP contribution in [0.5, 0.6) is 11.5 Å². The number of nitrogens with one attached hydrogen (secondary N) is 1. The van der Waals surface area contributed by atoms with Crippen LogP contribution in [0.2, 0.25) is 0 Å². The van der Waals surface area contributed by atoms with Crippen LogP contribution < -0.4 is 20.5 Å². The monoisotopic (exact) mass is 248 g/mol. The first-order chi connectivity index (χ1) is 8.64. The molecule has 0 aromatic heterocycles. The second-order valence-corrected chi connectivity index (χ2v) is 5.31. The van der Waals surface area contributed by atoms with Gasteiger partial charge in [0.2, 0.25) is 0 Å². The Labute approximate surface area is 107 Å². The second-order valence-electron chi connectivity index (χ2n) is 5.31. The quantitative estimate of drug-likeness (QED) is 0.851. The Balaban J connectivity index is 2.00. The van der Waals surface area contributed by atoms with Crippen molar-refractivity contribution in [2.45, 2.75) is 31.3 Å². The fourth-order valence-electron chi connectivity index (χ4n) is 2.70. The summed E-state index contributed by atoms with van der Waals surface area (Å²) < 4.78 is 11.3. The third-order valence-corrected chi connectivity index (χ3v) is 3.93. The molecule has 1 unspecified atom stereocenters. The maximum absolute atomic E-state index is 6.34. The van der Waals surface area contributed by atoms with E-state index in [0.29, 0.717) is 13.2 Å². The Morgan fingerprint density at radius 2 is 1.83 bits per heavy atom. The van der Waals surface area contributed by atoms with E-state index < -0.39 is 0 Å². The Morgan fingerprint density at radius 1 is 1.22 bits per heavy atom. The van der Waals surface area contributed by atoms with Crippen molar-refractivity contribution in [1.82, 2.24) is 5.32 Å². The summed E-state index contributed by atoms with van der Waals surface area (Å²) in [5, 5.41) is 3.35. The highest BCUT2D eigenvalue weighted by Crippen LogP contribution is 2.46. The molecule has 0 spiro atoms. The van der Waals surface area contributed by atoms with E-state index in [4.69, 9.17) is 15.2 Å². The molecule has 98 valence electrons. The molecule has 1 aliphatic heterocycles. The van der Waals surface area contributed by atoms with E-state index in [-0.39, 0.29) is 11.6 Å². The molecule has 1 fully saturated rings. The van der Waals surface area contributed by atoms with Gasteiger partial charge in [0.25, 0.3) is 0 Å². The number of rotatable bonds is 3. The van der Waals surface area contributed by atoms with Crippen LogP contribution in [0, 0.1) is 6.92 Å². The molecular weight excluding hydrogens is 228 g/mol. The van der Waals surface area contributed by atoms with Crippen LogP contribution in [-0.4, -0.2) is 25.8 Å². The zero-order valence-electron chi connectivity index (χ0n) is 11.0. The highest BCUT2D eigenvalue weighted by atomic mass is 16.6. The van der Waals surface area contributed by atoms with Crippen LogP contribution in [0.25, 0.3) is 0 Å². The van der Waals surface area contributed by atoms with E-state index in [2.05, 4.69) is 24.4 Å². The number of benzene rings is 1. The Morgan fingerprint density at radius 3 is 2.39 bits per heavy atom. The van der Waals surface area contributed by atoms with Crippen LogP contribution in [0.1, 0.15) is 30.0 Å².